The van der Waals surface area contributed by atoms with Crippen LogP contribution in [0.25, 0.3) is 0 Å². The summed E-state index contributed by atoms with van der Waals surface area (Å²) in [6, 6.07) is 8.35. The summed E-state index contributed by atoms with van der Waals surface area (Å²) in [5.74, 6) is 0.326. The minimum absolute atomic E-state index is 0.146. The Bertz CT molecular complexity index is 405. The van der Waals surface area contributed by atoms with Crippen molar-refractivity contribution in [3.05, 3.63) is 35.6 Å². The fraction of sp³-hybridized carbons (Fsp3) is 0.625. The summed E-state index contributed by atoms with van der Waals surface area (Å²) in [6.07, 6.45) is 4.01. The molecular weight excluding hydrogens is 239 g/mol. The number of halogens is 1. The van der Waals surface area contributed by atoms with E-state index in [1.807, 2.05) is 12.1 Å². The Morgan fingerprint density at radius 3 is 2.47 bits per heavy atom. The minimum atomic E-state index is -0.146. The van der Waals surface area contributed by atoms with Gasteiger partial charge in [-0.1, -0.05) is 25.5 Å². The van der Waals surface area contributed by atoms with Gasteiger partial charge >= 0.3 is 0 Å². The van der Waals surface area contributed by atoms with E-state index in [1.54, 1.807) is 12.1 Å². The molecule has 0 aromatic heterocycles. The molecule has 2 heterocycles. The van der Waals surface area contributed by atoms with Crippen LogP contribution in [0.2, 0.25) is 0 Å². The van der Waals surface area contributed by atoms with Gasteiger partial charge in [-0.2, -0.15) is 0 Å². The maximum atomic E-state index is 12.9. The summed E-state index contributed by atoms with van der Waals surface area (Å²) in [5, 5.41) is 3.71. The van der Waals surface area contributed by atoms with Gasteiger partial charge in [0, 0.05) is 31.7 Å². The number of rotatable bonds is 3. The van der Waals surface area contributed by atoms with Crippen molar-refractivity contribution in [3.63, 3.8) is 0 Å². The Morgan fingerprint density at radius 1 is 1.21 bits per heavy atom. The molecule has 1 aromatic carbocycles. The zero-order valence-electron chi connectivity index (χ0n) is 11.6. The number of benzene rings is 1. The van der Waals surface area contributed by atoms with Crippen LogP contribution >= 0.6 is 0 Å². The quantitative estimate of drug-likeness (QED) is 0.901. The molecule has 0 amide bonds. The van der Waals surface area contributed by atoms with Gasteiger partial charge in [-0.25, -0.2) is 4.39 Å². The summed E-state index contributed by atoms with van der Waals surface area (Å²) >= 11 is 0. The Labute approximate surface area is 115 Å². The molecule has 0 saturated carbocycles. The first-order valence-corrected chi connectivity index (χ1v) is 7.44. The monoisotopic (exact) mass is 262 g/mol. The van der Waals surface area contributed by atoms with Gasteiger partial charge in [0.15, 0.2) is 0 Å². The highest BCUT2D eigenvalue weighted by Crippen LogP contribution is 2.23. The second kappa shape index (κ2) is 5.59. The molecule has 3 rings (SSSR count). The number of nitrogens with one attached hydrogen (secondary N) is 1. The lowest BCUT2D eigenvalue weighted by Gasteiger charge is -2.43. The third-order valence-corrected chi connectivity index (χ3v) is 4.50. The van der Waals surface area contributed by atoms with Gasteiger partial charge in [0.1, 0.15) is 5.82 Å². The second-order valence-electron chi connectivity index (χ2n) is 6.16. The van der Waals surface area contributed by atoms with E-state index in [0.29, 0.717) is 18.0 Å². The average molecular weight is 262 g/mol. The predicted octanol–water partition coefficient (Wildman–Crippen LogP) is 2.76. The van der Waals surface area contributed by atoms with E-state index in [4.69, 9.17) is 0 Å². The highest BCUT2D eigenvalue weighted by Gasteiger charge is 2.30. The molecule has 1 N–H and O–H groups in total. The van der Waals surface area contributed by atoms with Crippen LogP contribution in [0.5, 0.6) is 0 Å². The number of fused-ring (bicyclic) bond motifs is 2. The zero-order chi connectivity index (χ0) is 13.2. The third-order valence-electron chi connectivity index (χ3n) is 4.50. The van der Waals surface area contributed by atoms with Gasteiger partial charge in [0.05, 0.1) is 0 Å². The van der Waals surface area contributed by atoms with Crippen LogP contribution in [0.15, 0.2) is 24.3 Å². The Hall–Kier alpha value is -0.930. The highest BCUT2D eigenvalue weighted by molar-refractivity contribution is 5.20. The molecule has 19 heavy (non-hydrogen) atoms. The van der Waals surface area contributed by atoms with Crippen LogP contribution in [-0.4, -0.2) is 36.6 Å². The third kappa shape index (κ3) is 3.15. The van der Waals surface area contributed by atoms with Gasteiger partial charge in [0.25, 0.3) is 0 Å². The molecule has 2 bridgehead atoms. The molecule has 1 aromatic rings. The van der Waals surface area contributed by atoms with Crippen LogP contribution in [0.1, 0.15) is 37.7 Å². The van der Waals surface area contributed by atoms with Crippen LogP contribution < -0.4 is 5.32 Å². The molecule has 3 atom stereocenters. The summed E-state index contributed by atoms with van der Waals surface area (Å²) in [6.45, 7) is 5.66. The maximum absolute atomic E-state index is 12.9. The second-order valence-corrected chi connectivity index (χ2v) is 6.16. The molecule has 104 valence electrons. The number of piperidine rings is 1. The van der Waals surface area contributed by atoms with Crippen molar-refractivity contribution >= 4 is 0 Å². The molecule has 3 heteroatoms. The van der Waals surface area contributed by atoms with Crippen molar-refractivity contribution in [2.75, 3.05) is 19.6 Å². The van der Waals surface area contributed by atoms with E-state index in [1.165, 1.54) is 37.9 Å². The van der Waals surface area contributed by atoms with Crippen molar-refractivity contribution in [1.29, 1.82) is 0 Å². The van der Waals surface area contributed by atoms with Crippen molar-refractivity contribution in [2.45, 2.75) is 44.2 Å². The molecule has 2 aliphatic rings. The lowest BCUT2D eigenvalue weighted by Crippen LogP contribution is -2.59. The Kier molecular flexibility index (Phi) is 3.85. The van der Waals surface area contributed by atoms with Gasteiger partial charge < -0.3 is 5.32 Å². The van der Waals surface area contributed by atoms with Gasteiger partial charge in [-0.05, 0) is 36.5 Å². The highest BCUT2D eigenvalue weighted by atomic mass is 19.1. The van der Waals surface area contributed by atoms with E-state index in [-0.39, 0.29) is 5.82 Å². The Balaban J connectivity index is 1.60. The number of nitrogens with zero attached hydrogens (tertiary/aromatic N) is 1. The molecule has 0 aliphatic carbocycles. The smallest absolute Gasteiger partial charge is 0.123 e. The van der Waals surface area contributed by atoms with E-state index in [2.05, 4.69) is 17.1 Å². The zero-order valence-corrected chi connectivity index (χ0v) is 11.6. The van der Waals surface area contributed by atoms with Crippen LogP contribution in [0, 0.1) is 5.82 Å². The Morgan fingerprint density at radius 2 is 1.84 bits per heavy atom. The maximum Gasteiger partial charge on any atom is 0.123 e. The van der Waals surface area contributed by atoms with Crippen molar-refractivity contribution < 1.29 is 4.39 Å². The molecule has 0 spiro atoms. The number of hydrogen-bond donors (Lipinski definition) is 1. The number of piperazine rings is 1. The first-order valence-electron chi connectivity index (χ1n) is 7.44. The largest absolute Gasteiger partial charge is 0.309 e. The fourth-order valence-corrected chi connectivity index (χ4v) is 3.53. The molecule has 2 saturated heterocycles. The van der Waals surface area contributed by atoms with Crippen molar-refractivity contribution in [1.82, 2.24) is 10.2 Å². The molecule has 2 nitrogen and oxygen atoms in total. The average Bonchev–Trinajstić information content (AvgIpc) is 2.39. The molecule has 0 radical (unpaired) electrons. The first-order chi connectivity index (χ1) is 9.20. The number of hydrogen-bond acceptors (Lipinski definition) is 2. The molecular formula is C16H23FN2. The van der Waals surface area contributed by atoms with E-state index in [9.17, 15) is 4.39 Å². The topological polar surface area (TPSA) is 15.3 Å². The standard InChI is InChI=1S/C16H23FN2/c1-12(13-5-7-14(17)8-6-13)9-19-10-15-3-2-4-16(11-19)18-15/h5-8,12,15-16,18H,2-4,9-11H2,1H3. The van der Waals surface area contributed by atoms with Gasteiger partial charge in [-0.3, -0.25) is 4.90 Å². The minimum Gasteiger partial charge on any atom is -0.309 e. The van der Waals surface area contributed by atoms with Gasteiger partial charge in [-0.15, -0.1) is 0 Å². The van der Waals surface area contributed by atoms with Crippen LogP contribution in [0.4, 0.5) is 4.39 Å². The van der Waals surface area contributed by atoms with Crippen molar-refractivity contribution in [3.8, 4) is 0 Å². The lowest BCUT2D eigenvalue weighted by molar-refractivity contribution is 0.121. The van der Waals surface area contributed by atoms with Gasteiger partial charge in [0.2, 0.25) is 0 Å². The SMILES string of the molecule is CC(CN1CC2CCCC(C1)N2)c1ccc(F)cc1. The normalized spacial score (nSPS) is 29.2. The predicted molar refractivity (Wildman–Crippen MR) is 75.8 cm³/mol. The first kappa shape index (κ1) is 13.1. The lowest BCUT2D eigenvalue weighted by atomic mass is 9.92. The van der Waals surface area contributed by atoms with E-state index in [0.717, 1.165) is 6.54 Å². The molecule has 3 unspecified atom stereocenters. The van der Waals surface area contributed by atoms with Crippen molar-refractivity contribution in [2.24, 2.45) is 0 Å². The number of likely N-dealkylation sites (tertiary alicyclic amines) is 1. The summed E-state index contributed by atoms with van der Waals surface area (Å²) in [5.41, 5.74) is 1.24. The van der Waals surface area contributed by atoms with Crippen LogP contribution in [0.3, 0.4) is 0 Å². The summed E-state index contributed by atoms with van der Waals surface area (Å²) < 4.78 is 12.9. The van der Waals surface area contributed by atoms with Crippen LogP contribution in [-0.2, 0) is 0 Å². The van der Waals surface area contributed by atoms with E-state index >= 15 is 0 Å². The molecule has 2 fully saturated rings. The summed E-state index contributed by atoms with van der Waals surface area (Å²) in [7, 11) is 0. The summed E-state index contributed by atoms with van der Waals surface area (Å²) in [4.78, 5) is 2.58. The van der Waals surface area contributed by atoms with E-state index < -0.39 is 0 Å². The fourth-order valence-electron chi connectivity index (χ4n) is 3.53. The molecule has 2 aliphatic heterocycles.